The molecule has 0 aromatic carbocycles. The summed E-state index contributed by atoms with van der Waals surface area (Å²) in [5.74, 6) is -1.90. The second-order valence-electron chi connectivity index (χ2n) is 6.66. The van der Waals surface area contributed by atoms with E-state index in [-0.39, 0.29) is 11.6 Å². The van der Waals surface area contributed by atoms with Crippen molar-refractivity contribution >= 4 is 11.8 Å². The van der Waals surface area contributed by atoms with Crippen LogP contribution in [0.4, 0.5) is 19.0 Å². The lowest BCUT2D eigenvalue weighted by Gasteiger charge is -2.34. The quantitative estimate of drug-likeness (QED) is 0.864. The van der Waals surface area contributed by atoms with Gasteiger partial charge in [-0.2, -0.15) is 13.2 Å². The van der Waals surface area contributed by atoms with Crippen LogP contribution in [0.3, 0.4) is 0 Å². The number of anilines is 1. The molecule has 2 aromatic rings. The van der Waals surface area contributed by atoms with Crippen molar-refractivity contribution in [2.45, 2.75) is 39.4 Å². The highest BCUT2D eigenvalue weighted by atomic mass is 19.4. The molecule has 3 heterocycles. The van der Waals surface area contributed by atoms with Crippen LogP contribution in [0.2, 0.25) is 0 Å². The summed E-state index contributed by atoms with van der Waals surface area (Å²) in [7, 11) is 0. The van der Waals surface area contributed by atoms with E-state index in [1.807, 2.05) is 4.90 Å². The number of alkyl halides is 3. The zero-order chi connectivity index (χ0) is 19.8. The van der Waals surface area contributed by atoms with Gasteiger partial charge in [0, 0.05) is 30.9 Å². The van der Waals surface area contributed by atoms with Gasteiger partial charge in [0.15, 0.2) is 5.69 Å². The van der Waals surface area contributed by atoms with E-state index in [1.165, 1.54) is 10.9 Å². The molecular weight excluding hydrogens is 365 g/mol. The maximum atomic E-state index is 13.1. The lowest BCUT2D eigenvalue weighted by molar-refractivity contribution is -0.145. The molecule has 1 aliphatic heterocycles. The summed E-state index contributed by atoms with van der Waals surface area (Å²) >= 11 is 0. The second kappa shape index (κ2) is 7.12. The van der Waals surface area contributed by atoms with Crippen LogP contribution in [0.1, 0.15) is 40.4 Å². The standard InChI is InChI=1S/C16H19F3N6O2/c1-9-10(2)20-15(16(17,18)19)21-13(9)24-5-3-4-11(6-24)7-25-8-12(14(26)27)22-23-25/h8,11H,3-7H2,1-2H3,(H,26,27). The van der Waals surface area contributed by atoms with Crippen LogP contribution in [-0.4, -0.2) is 49.1 Å². The van der Waals surface area contributed by atoms with Gasteiger partial charge >= 0.3 is 12.1 Å². The first kappa shape index (κ1) is 19.1. The van der Waals surface area contributed by atoms with Gasteiger partial charge in [-0.15, -0.1) is 5.10 Å². The van der Waals surface area contributed by atoms with Crippen molar-refractivity contribution in [3.05, 3.63) is 29.0 Å². The molecule has 2 aromatic heterocycles. The number of hydrogen-bond acceptors (Lipinski definition) is 6. The molecule has 0 aliphatic carbocycles. The predicted molar refractivity (Wildman–Crippen MR) is 88.4 cm³/mol. The molecule has 0 spiro atoms. The number of piperidine rings is 1. The number of aryl methyl sites for hydroxylation is 1. The summed E-state index contributed by atoms with van der Waals surface area (Å²) in [6.45, 7) is 4.79. The van der Waals surface area contributed by atoms with E-state index in [9.17, 15) is 18.0 Å². The molecule has 0 bridgehead atoms. The topological polar surface area (TPSA) is 97.0 Å². The molecule has 146 valence electrons. The summed E-state index contributed by atoms with van der Waals surface area (Å²) < 4.78 is 40.7. The van der Waals surface area contributed by atoms with E-state index in [0.717, 1.165) is 12.8 Å². The van der Waals surface area contributed by atoms with Crippen LogP contribution in [-0.2, 0) is 12.7 Å². The van der Waals surface area contributed by atoms with Gasteiger partial charge in [-0.1, -0.05) is 5.21 Å². The van der Waals surface area contributed by atoms with Gasteiger partial charge in [-0.3, -0.25) is 4.68 Å². The van der Waals surface area contributed by atoms with Gasteiger partial charge < -0.3 is 10.0 Å². The van der Waals surface area contributed by atoms with E-state index >= 15 is 0 Å². The van der Waals surface area contributed by atoms with Crippen molar-refractivity contribution in [1.29, 1.82) is 0 Å². The van der Waals surface area contributed by atoms with E-state index < -0.39 is 18.0 Å². The molecule has 3 rings (SSSR count). The zero-order valence-electron chi connectivity index (χ0n) is 14.9. The molecule has 0 saturated carbocycles. The van der Waals surface area contributed by atoms with Crippen molar-refractivity contribution in [2.75, 3.05) is 18.0 Å². The third-order valence-corrected chi connectivity index (χ3v) is 4.64. The Bertz CT molecular complexity index is 851. The third-order valence-electron chi connectivity index (χ3n) is 4.64. The van der Waals surface area contributed by atoms with Crippen LogP contribution in [0, 0.1) is 19.8 Å². The Hall–Kier alpha value is -2.72. The second-order valence-corrected chi connectivity index (χ2v) is 6.66. The van der Waals surface area contributed by atoms with Crippen LogP contribution in [0.5, 0.6) is 0 Å². The molecule has 27 heavy (non-hydrogen) atoms. The van der Waals surface area contributed by atoms with Crippen LogP contribution in [0.25, 0.3) is 0 Å². The monoisotopic (exact) mass is 384 g/mol. The highest BCUT2D eigenvalue weighted by molar-refractivity contribution is 5.84. The first-order valence-corrected chi connectivity index (χ1v) is 8.46. The Morgan fingerprint density at radius 3 is 2.70 bits per heavy atom. The molecule has 0 radical (unpaired) electrons. The maximum Gasteiger partial charge on any atom is 0.451 e. The lowest BCUT2D eigenvalue weighted by Crippen LogP contribution is -2.38. The summed E-state index contributed by atoms with van der Waals surface area (Å²) in [6.07, 6.45) is -1.61. The van der Waals surface area contributed by atoms with E-state index in [4.69, 9.17) is 5.11 Å². The molecule has 1 N–H and O–H groups in total. The Balaban J connectivity index is 1.79. The molecule has 1 saturated heterocycles. The molecular formula is C16H19F3N6O2. The SMILES string of the molecule is Cc1nc(C(F)(F)F)nc(N2CCCC(Cn3cc(C(=O)O)nn3)C2)c1C. The van der Waals surface area contributed by atoms with Crippen LogP contribution < -0.4 is 4.90 Å². The Morgan fingerprint density at radius 2 is 2.07 bits per heavy atom. The number of nitrogens with zero attached hydrogens (tertiary/aromatic N) is 6. The van der Waals surface area contributed by atoms with Gasteiger partial charge in [0.05, 0.1) is 6.20 Å². The van der Waals surface area contributed by atoms with Crippen molar-refractivity contribution in [3.63, 3.8) is 0 Å². The molecule has 1 atom stereocenters. The summed E-state index contributed by atoms with van der Waals surface area (Å²) in [6, 6.07) is 0. The third kappa shape index (κ3) is 4.17. The number of carbonyl (C=O) groups is 1. The number of rotatable bonds is 4. The summed E-state index contributed by atoms with van der Waals surface area (Å²) in [5, 5.41) is 16.3. The predicted octanol–water partition coefficient (Wildman–Crippen LogP) is 2.32. The Morgan fingerprint density at radius 1 is 1.33 bits per heavy atom. The largest absolute Gasteiger partial charge is 0.476 e. The average Bonchev–Trinajstić information content (AvgIpc) is 3.05. The van der Waals surface area contributed by atoms with Crippen LogP contribution in [0.15, 0.2) is 6.20 Å². The highest BCUT2D eigenvalue weighted by Crippen LogP contribution is 2.31. The Labute approximate surface area is 153 Å². The maximum absolute atomic E-state index is 13.1. The molecule has 11 heteroatoms. The number of aromatic carboxylic acids is 1. The minimum atomic E-state index is -4.60. The van der Waals surface area contributed by atoms with Gasteiger partial charge in [0.2, 0.25) is 5.82 Å². The fourth-order valence-corrected chi connectivity index (χ4v) is 3.20. The van der Waals surface area contributed by atoms with E-state index in [1.54, 1.807) is 13.8 Å². The zero-order valence-corrected chi connectivity index (χ0v) is 14.9. The van der Waals surface area contributed by atoms with Crippen LogP contribution >= 0.6 is 0 Å². The summed E-state index contributed by atoms with van der Waals surface area (Å²) in [4.78, 5) is 20.1. The van der Waals surface area contributed by atoms with E-state index in [2.05, 4.69) is 20.3 Å². The number of carboxylic acids is 1. The minimum absolute atomic E-state index is 0.0890. The van der Waals surface area contributed by atoms with Gasteiger partial charge in [-0.25, -0.2) is 14.8 Å². The highest BCUT2D eigenvalue weighted by Gasteiger charge is 2.36. The average molecular weight is 384 g/mol. The fraction of sp³-hybridized carbons (Fsp3) is 0.562. The van der Waals surface area contributed by atoms with Gasteiger partial charge in [-0.05, 0) is 32.6 Å². The van der Waals surface area contributed by atoms with Crippen molar-refractivity contribution < 1.29 is 23.1 Å². The number of halogens is 3. The van der Waals surface area contributed by atoms with Crippen molar-refractivity contribution in [1.82, 2.24) is 25.0 Å². The first-order chi connectivity index (χ1) is 12.6. The van der Waals surface area contributed by atoms with Gasteiger partial charge in [0.1, 0.15) is 5.82 Å². The van der Waals surface area contributed by atoms with E-state index in [0.29, 0.717) is 36.7 Å². The van der Waals surface area contributed by atoms with Crippen molar-refractivity contribution in [2.24, 2.45) is 5.92 Å². The number of aromatic nitrogens is 5. The summed E-state index contributed by atoms with van der Waals surface area (Å²) in [5.41, 5.74) is 0.786. The van der Waals surface area contributed by atoms with Crippen molar-refractivity contribution in [3.8, 4) is 0 Å². The molecule has 0 amide bonds. The first-order valence-electron chi connectivity index (χ1n) is 8.46. The lowest BCUT2D eigenvalue weighted by atomic mass is 9.97. The minimum Gasteiger partial charge on any atom is -0.476 e. The Kier molecular flexibility index (Phi) is 5.03. The molecule has 1 fully saturated rings. The molecule has 8 nitrogen and oxygen atoms in total. The fourth-order valence-electron chi connectivity index (χ4n) is 3.20. The normalized spacial score (nSPS) is 18.0. The smallest absolute Gasteiger partial charge is 0.451 e. The van der Waals surface area contributed by atoms with Gasteiger partial charge in [0.25, 0.3) is 0 Å². The number of hydrogen-bond donors (Lipinski definition) is 1. The molecule has 1 unspecified atom stereocenters. The molecule has 1 aliphatic rings. The number of carboxylic acid groups (broad SMARTS) is 1.